The summed E-state index contributed by atoms with van der Waals surface area (Å²) < 4.78 is 14.3. The maximum Gasteiger partial charge on any atom is 0.279 e. The van der Waals surface area contributed by atoms with E-state index in [1.54, 1.807) is 42.5 Å². The molecule has 0 unspecified atom stereocenters. The standard InChI is InChI=1S/C27H35FN2O2/c1-4-5-6-7-8-11-20-30(2,3)21-27(32)29-24-17-14-23(15-18-24)26(31)19-16-22-12-9-10-13-25(22)28/h9-10,12-19H,4-8,11,20-21H2,1-3H3/p+1/b19-16+. The van der Waals surface area contributed by atoms with Crippen LogP contribution in [0, 0.1) is 5.82 Å². The summed E-state index contributed by atoms with van der Waals surface area (Å²) in [5.41, 5.74) is 1.51. The van der Waals surface area contributed by atoms with Gasteiger partial charge in [-0.05, 0) is 55.3 Å². The molecule has 0 saturated carbocycles. The lowest BCUT2D eigenvalue weighted by Crippen LogP contribution is -2.46. The third kappa shape index (κ3) is 9.15. The van der Waals surface area contributed by atoms with E-state index in [9.17, 15) is 14.0 Å². The van der Waals surface area contributed by atoms with Gasteiger partial charge in [-0.3, -0.25) is 9.59 Å². The summed E-state index contributed by atoms with van der Waals surface area (Å²) in [5, 5.41) is 2.91. The molecule has 1 amide bonds. The molecule has 0 heterocycles. The van der Waals surface area contributed by atoms with Crippen molar-refractivity contribution in [2.24, 2.45) is 0 Å². The largest absolute Gasteiger partial charge is 0.321 e. The number of halogens is 1. The smallest absolute Gasteiger partial charge is 0.279 e. The van der Waals surface area contributed by atoms with Gasteiger partial charge in [0, 0.05) is 16.8 Å². The van der Waals surface area contributed by atoms with Crippen LogP contribution in [0.5, 0.6) is 0 Å². The van der Waals surface area contributed by atoms with Crippen LogP contribution in [-0.2, 0) is 4.79 Å². The Morgan fingerprint density at radius 2 is 1.59 bits per heavy atom. The van der Waals surface area contributed by atoms with Crippen molar-refractivity contribution in [1.82, 2.24) is 0 Å². The Morgan fingerprint density at radius 3 is 2.28 bits per heavy atom. The Bertz CT molecular complexity index is 904. The van der Waals surface area contributed by atoms with Gasteiger partial charge in [-0.15, -0.1) is 0 Å². The minimum absolute atomic E-state index is 0.0421. The van der Waals surface area contributed by atoms with Gasteiger partial charge in [-0.1, -0.05) is 50.8 Å². The number of benzene rings is 2. The van der Waals surface area contributed by atoms with Crippen molar-refractivity contribution < 1.29 is 18.5 Å². The number of nitrogens with zero attached hydrogens (tertiary/aromatic N) is 1. The summed E-state index contributed by atoms with van der Waals surface area (Å²) in [5.74, 6) is -0.630. The minimum Gasteiger partial charge on any atom is -0.321 e. The summed E-state index contributed by atoms with van der Waals surface area (Å²) in [6.45, 7) is 3.59. The molecule has 2 rings (SSSR count). The highest BCUT2D eigenvalue weighted by Gasteiger charge is 2.19. The van der Waals surface area contributed by atoms with Gasteiger partial charge in [0.15, 0.2) is 12.3 Å². The number of nitrogens with one attached hydrogen (secondary N) is 1. The van der Waals surface area contributed by atoms with E-state index in [1.807, 2.05) is 0 Å². The van der Waals surface area contributed by atoms with E-state index < -0.39 is 0 Å². The highest BCUT2D eigenvalue weighted by Crippen LogP contribution is 2.14. The molecule has 0 bridgehead atoms. The number of carbonyl (C=O) groups excluding carboxylic acids is 2. The summed E-state index contributed by atoms with van der Waals surface area (Å²) in [6.07, 6.45) is 10.3. The van der Waals surface area contributed by atoms with Crippen LogP contribution in [0.1, 0.15) is 61.4 Å². The van der Waals surface area contributed by atoms with Crippen molar-refractivity contribution in [3.63, 3.8) is 0 Å². The predicted octanol–water partition coefficient (Wildman–Crippen LogP) is 6.10. The normalized spacial score (nSPS) is 11.6. The molecule has 0 aromatic heterocycles. The second-order valence-corrected chi connectivity index (χ2v) is 8.93. The average Bonchev–Trinajstić information content (AvgIpc) is 2.75. The van der Waals surface area contributed by atoms with Crippen LogP contribution >= 0.6 is 0 Å². The molecule has 0 aliphatic heterocycles. The molecule has 1 N–H and O–H groups in total. The van der Waals surface area contributed by atoms with Gasteiger partial charge >= 0.3 is 0 Å². The Morgan fingerprint density at radius 1 is 0.938 bits per heavy atom. The maximum atomic E-state index is 13.7. The van der Waals surface area contributed by atoms with Crippen molar-refractivity contribution in [3.05, 3.63) is 71.6 Å². The maximum absolute atomic E-state index is 13.7. The van der Waals surface area contributed by atoms with Gasteiger partial charge in [0.1, 0.15) is 5.82 Å². The fourth-order valence-corrected chi connectivity index (χ4v) is 3.58. The lowest BCUT2D eigenvalue weighted by atomic mass is 10.1. The zero-order valence-corrected chi connectivity index (χ0v) is 19.6. The second kappa shape index (κ2) is 12.9. The van der Waals surface area contributed by atoms with E-state index in [2.05, 4.69) is 26.3 Å². The molecular weight excluding hydrogens is 403 g/mol. The number of allylic oxidation sites excluding steroid dienone is 1. The molecule has 172 valence electrons. The molecule has 0 fully saturated rings. The molecule has 2 aromatic rings. The minimum atomic E-state index is -0.368. The van der Waals surface area contributed by atoms with E-state index >= 15 is 0 Å². The van der Waals surface area contributed by atoms with Crippen molar-refractivity contribution in [2.75, 3.05) is 32.5 Å². The molecule has 0 radical (unpaired) electrons. The molecule has 0 aliphatic rings. The Balaban J connectivity index is 1.81. The van der Waals surface area contributed by atoms with Crippen molar-refractivity contribution in [3.8, 4) is 0 Å². The summed E-state index contributed by atoms with van der Waals surface area (Å²) in [4.78, 5) is 24.8. The van der Waals surface area contributed by atoms with Crippen molar-refractivity contribution >= 4 is 23.5 Å². The highest BCUT2D eigenvalue weighted by molar-refractivity contribution is 6.07. The quantitative estimate of drug-likeness (QED) is 0.177. The number of hydrogen-bond donors (Lipinski definition) is 1. The van der Waals surface area contributed by atoms with Gasteiger partial charge in [0.2, 0.25) is 0 Å². The van der Waals surface area contributed by atoms with Crippen LogP contribution in [-0.4, -0.2) is 43.4 Å². The predicted molar refractivity (Wildman–Crippen MR) is 130 cm³/mol. The first kappa shape index (κ1) is 25.5. The SMILES string of the molecule is CCCCCCCC[N+](C)(C)CC(=O)Nc1ccc(C(=O)/C=C/c2ccccc2F)cc1. The van der Waals surface area contributed by atoms with Crippen LogP contribution in [0.25, 0.3) is 6.08 Å². The topological polar surface area (TPSA) is 46.2 Å². The molecule has 0 aliphatic carbocycles. The number of carbonyl (C=O) groups is 2. The number of rotatable bonds is 13. The first-order valence-corrected chi connectivity index (χ1v) is 11.5. The van der Waals surface area contributed by atoms with Crippen LogP contribution in [0.15, 0.2) is 54.6 Å². The molecule has 32 heavy (non-hydrogen) atoms. The Kier molecular flexibility index (Phi) is 10.3. The zero-order valence-electron chi connectivity index (χ0n) is 19.6. The second-order valence-electron chi connectivity index (χ2n) is 8.93. The van der Waals surface area contributed by atoms with E-state index in [1.165, 1.54) is 50.3 Å². The number of quaternary nitrogens is 1. The molecule has 4 nitrogen and oxygen atoms in total. The van der Waals surface area contributed by atoms with E-state index in [4.69, 9.17) is 0 Å². The Hall–Kier alpha value is -2.79. The number of hydrogen-bond acceptors (Lipinski definition) is 2. The Labute approximate surface area is 191 Å². The van der Waals surface area contributed by atoms with E-state index in [0.29, 0.717) is 27.8 Å². The fraction of sp³-hybridized carbons (Fsp3) is 0.407. The lowest BCUT2D eigenvalue weighted by Gasteiger charge is -2.29. The summed E-state index contributed by atoms with van der Waals surface area (Å²) in [7, 11) is 4.16. The van der Waals surface area contributed by atoms with Gasteiger partial charge in [-0.25, -0.2) is 4.39 Å². The lowest BCUT2D eigenvalue weighted by molar-refractivity contribution is -0.882. The van der Waals surface area contributed by atoms with Gasteiger partial charge in [0.25, 0.3) is 5.91 Å². The number of ketones is 1. The molecule has 0 saturated heterocycles. The van der Waals surface area contributed by atoms with Gasteiger partial charge in [-0.2, -0.15) is 0 Å². The van der Waals surface area contributed by atoms with Crippen molar-refractivity contribution in [2.45, 2.75) is 45.4 Å². The van der Waals surface area contributed by atoms with E-state index in [-0.39, 0.29) is 17.5 Å². The molecule has 0 atom stereocenters. The van der Waals surface area contributed by atoms with Crippen LogP contribution in [0.3, 0.4) is 0 Å². The third-order valence-corrected chi connectivity index (χ3v) is 5.46. The first-order valence-electron chi connectivity index (χ1n) is 11.5. The first-order chi connectivity index (χ1) is 15.3. The molecule has 2 aromatic carbocycles. The number of anilines is 1. The van der Waals surface area contributed by atoms with Gasteiger partial charge < -0.3 is 9.80 Å². The molecular formula is C27H36FN2O2+. The number of unbranched alkanes of at least 4 members (excludes halogenated alkanes) is 5. The summed E-state index contributed by atoms with van der Waals surface area (Å²) in [6, 6.07) is 13.1. The third-order valence-electron chi connectivity index (χ3n) is 5.46. The molecule has 5 heteroatoms. The number of amides is 1. The van der Waals surface area contributed by atoms with Crippen LogP contribution in [0.2, 0.25) is 0 Å². The van der Waals surface area contributed by atoms with Crippen LogP contribution in [0.4, 0.5) is 10.1 Å². The zero-order chi connectivity index (χ0) is 23.4. The fourth-order valence-electron chi connectivity index (χ4n) is 3.58. The number of likely N-dealkylation sites (N-methyl/N-ethyl adjacent to an activating group) is 1. The monoisotopic (exact) mass is 439 g/mol. The van der Waals surface area contributed by atoms with Crippen molar-refractivity contribution in [1.29, 1.82) is 0 Å². The average molecular weight is 440 g/mol. The van der Waals surface area contributed by atoms with Crippen LogP contribution < -0.4 is 5.32 Å². The summed E-state index contributed by atoms with van der Waals surface area (Å²) >= 11 is 0. The van der Waals surface area contributed by atoms with Gasteiger partial charge in [0.05, 0.1) is 20.6 Å². The highest BCUT2D eigenvalue weighted by atomic mass is 19.1. The van der Waals surface area contributed by atoms with E-state index in [0.717, 1.165) is 13.0 Å². The molecule has 0 spiro atoms.